The molecular weight excluding hydrogens is 351 g/mol. The van der Waals surface area contributed by atoms with Gasteiger partial charge in [0.25, 0.3) is 5.91 Å². The Morgan fingerprint density at radius 3 is 2.08 bits per heavy atom. The fraction of sp³-hybridized carbons (Fsp3) is 0.667. The van der Waals surface area contributed by atoms with Crippen molar-refractivity contribution in [1.29, 1.82) is 0 Å². The first kappa shape index (κ1) is 20.3. The summed E-state index contributed by atoms with van der Waals surface area (Å²) < 4.78 is 45.5. The van der Waals surface area contributed by atoms with Gasteiger partial charge in [-0.05, 0) is 18.9 Å². The van der Waals surface area contributed by atoms with Crippen molar-refractivity contribution >= 4 is 11.9 Å². The highest BCUT2D eigenvalue weighted by Gasteiger charge is 2.61. The van der Waals surface area contributed by atoms with E-state index < -0.39 is 36.3 Å². The molecule has 1 aliphatic heterocycles. The average Bonchev–Trinajstić information content (AvgIpc) is 2.98. The highest BCUT2D eigenvalue weighted by atomic mass is 19.4. The van der Waals surface area contributed by atoms with Crippen LogP contribution in [0.3, 0.4) is 0 Å². The molecule has 2 heterocycles. The largest absolute Gasteiger partial charge is 0.481 e. The van der Waals surface area contributed by atoms with Crippen molar-refractivity contribution in [3.05, 3.63) is 23.2 Å². The zero-order valence-electron chi connectivity index (χ0n) is 15.3. The fourth-order valence-corrected chi connectivity index (χ4v) is 3.19. The summed E-state index contributed by atoms with van der Waals surface area (Å²) in [5, 5.41) is 9.11. The lowest BCUT2D eigenvalue weighted by Crippen LogP contribution is -2.53. The number of halogens is 3. The van der Waals surface area contributed by atoms with E-state index in [0.717, 1.165) is 0 Å². The van der Waals surface area contributed by atoms with Gasteiger partial charge in [0.2, 0.25) is 0 Å². The van der Waals surface area contributed by atoms with Crippen LogP contribution in [0.5, 0.6) is 0 Å². The zero-order valence-corrected chi connectivity index (χ0v) is 15.3. The van der Waals surface area contributed by atoms with Crippen molar-refractivity contribution in [1.82, 2.24) is 4.90 Å². The molecule has 0 radical (unpaired) electrons. The van der Waals surface area contributed by atoms with Gasteiger partial charge in [0.15, 0.2) is 5.41 Å². The summed E-state index contributed by atoms with van der Waals surface area (Å²) in [6.07, 6.45) is -6.15. The average molecular weight is 375 g/mol. The summed E-state index contributed by atoms with van der Waals surface area (Å²) in [7, 11) is 0. The number of nitrogens with zero attached hydrogens (tertiary/aromatic N) is 1. The van der Waals surface area contributed by atoms with E-state index in [9.17, 15) is 22.8 Å². The SMILES string of the molecule is CC(C)c1cc(C(=O)N2CCC(C(=O)O)(C(F)(F)F)CC2)c(C(C)C)o1. The molecule has 1 aliphatic rings. The van der Waals surface area contributed by atoms with E-state index in [4.69, 9.17) is 9.52 Å². The Bertz CT molecular complexity index is 683. The Labute approximate surface area is 150 Å². The van der Waals surface area contributed by atoms with Crippen LogP contribution in [0.15, 0.2) is 10.5 Å². The molecule has 26 heavy (non-hydrogen) atoms. The molecule has 1 aromatic rings. The number of aliphatic carboxylic acids is 1. The van der Waals surface area contributed by atoms with Crippen LogP contribution >= 0.6 is 0 Å². The van der Waals surface area contributed by atoms with Crippen molar-refractivity contribution in [3.8, 4) is 0 Å². The van der Waals surface area contributed by atoms with Crippen molar-refractivity contribution in [2.45, 2.75) is 58.5 Å². The minimum Gasteiger partial charge on any atom is -0.481 e. The van der Waals surface area contributed by atoms with E-state index >= 15 is 0 Å². The van der Waals surface area contributed by atoms with E-state index in [1.54, 1.807) is 6.07 Å². The number of furan rings is 1. The number of carbonyl (C=O) groups excluding carboxylic acids is 1. The first-order valence-electron chi connectivity index (χ1n) is 8.63. The summed E-state index contributed by atoms with van der Waals surface area (Å²) in [4.78, 5) is 25.4. The number of rotatable bonds is 4. The quantitative estimate of drug-likeness (QED) is 0.847. The van der Waals surface area contributed by atoms with Gasteiger partial charge in [-0.15, -0.1) is 0 Å². The number of piperidine rings is 1. The fourth-order valence-electron chi connectivity index (χ4n) is 3.19. The lowest BCUT2D eigenvalue weighted by Gasteiger charge is -2.39. The Morgan fingerprint density at radius 1 is 1.15 bits per heavy atom. The number of hydrogen-bond donors (Lipinski definition) is 1. The van der Waals surface area contributed by atoms with Gasteiger partial charge in [0.05, 0.1) is 5.56 Å². The lowest BCUT2D eigenvalue weighted by atomic mass is 9.77. The van der Waals surface area contributed by atoms with Gasteiger partial charge in [0.1, 0.15) is 11.5 Å². The van der Waals surface area contributed by atoms with Gasteiger partial charge >= 0.3 is 12.1 Å². The Hall–Kier alpha value is -1.99. The molecule has 8 heteroatoms. The van der Waals surface area contributed by atoms with Crippen LogP contribution in [0, 0.1) is 5.41 Å². The summed E-state index contributed by atoms with van der Waals surface area (Å²) in [6.45, 7) is 7.06. The maximum absolute atomic E-state index is 13.3. The standard InChI is InChI=1S/C18H24F3NO4/c1-10(2)13-9-12(14(26-13)11(3)4)15(23)22-7-5-17(6-8-22,16(24)25)18(19,20)21/h9-11H,5-8H2,1-4H3,(H,24,25). The van der Waals surface area contributed by atoms with Gasteiger partial charge in [-0.1, -0.05) is 27.7 Å². The molecule has 0 spiro atoms. The lowest BCUT2D eigenvalue weighted by molar-refractivity contribution is -0.240. The molecule has 1 aromatic heterocycles. The van der Waals surface area contributed by atoms with Crippen LogP contribution in [0.1, 0.15) is 74.3 Å². The molecular formula is C18H24F3NO4. The number of carboxylic acid groups (broad SMARTS) is 1. The number of carbonyl (C=O) groups is 2. The second-order valence-electron chi connectivity index (χ2n) is 7.41. The van der Waals surface area contributed by atoms with Crippen LogP contribution in [-0.2, 0) is 4.79 Å². The van der Waals surface area contributed by atoms with Crippen molar-refractivity contribution in [3.63, 3.8) is 0 Å². The molecule has 0 saturated carbocycles. The van der Waals surface area contributed by atoms with Crippen molar-refractivity contribution < 1.29 is 32.3 Å². The van der Waals surface area contributed by atoms with E-state index in [2.05, 4.69) is 0 Å². The number of carboxylic acids is 1. The van der Waals surface area contributed by atoms with Crippen molar-refractivity contribution in [2.24, 2.45) is 5.41 Å². The molecule has 0 aromatic carbocycles. The smallest absolute Gasteiger partial charge is 0.405 e. The third-order valence-electron chi connectivity index (χ3n) is 4.96. The number of amides is 1. The Balaban J connectivity index is 2.25. The van der Waals surface area contributed by atoms with Crippen molar-refractivity contribution in [2.75, 3.05) is 13.1 Å². The van der Waals surface area contributed by atoms with Crippen LogP contribution in [-0.4, -0.2) is 41.1 Å². The highest BCUT2D eigenvalue weighted by molar-refractivity contribution is 5.95. The molecule has 1 amide bonds. The number of likely N-dealkylation sites (tertiary alicyclic amines) is 1. The van der Waals surface area contributed by atoms with Gasteiger partial charge in [-0.2, -0.15) is 13.2 Å². The highest BCUT2D eigenvalue weighted by Crippen LogP contribution is 2.46. The predicted octanol–water partition coefficient (Wildman–Crippen LogP) is 4.40. The summed E-state index contributed by atoms with van der Waals surface area (Å²) in [6, 6.07) is 1.64. The van der Waals surface area contributed by atoms with Crippen LogP contribution in [0.4, 0.5) is 13.2 Å². The summed E-state index contributed by atoms with van der Waals surface area (Å²) in [5.41, 5.74) is -2.44. The minimum absolute atomic E-state index is 0.0560. The van der Waals surface area contributed by atoms with E-state index in [1.165, 1.54) is 4.90 Å². The minimum atomic E-state index is -4.85. The number of alkyl halides is 3. The number of hydrogen-bond acceptors (Lipinski definition) is 3. The molecule has 0 bridgehead atoms. The van der Waals surface area contributed by atoms with E-state index in [1.807, 2.05) is 27.7 Å². The first-order valence-corrected chi connectivity index (χ1v) is 8.63. The van der Waals surface area contributed by atoms with Gasteiger partial charge in [-0.25, -0.2) is 0 Å². The van der Waals surface area contributed by atoms with Gasteiger partial charge < -0.3 is 14.4 Å². The maximum atomic E-state index is 13.3. The second kappa shape index (κ2) is 6.96. The van der Waals surface area contributed by atoms with E-state index in [0.29, 0.717) is 17.1 Å². The molecule has 1 N–H and O–H groups in total. The van der Waals surface area contributed by atoms with Crippen LogP contribution < -0.4 is 0 Å². The second-order valence-corrected chi connectivity index (χ2v) is 7.41. The first-order chi connectivity index (χ1) is 11.9. The molecule has 146 valence electrons. The molecule has 1 fully saturated rings. The van der Waals surface area contributed by atoms with Crippen LogP contribution in [0.25, 0.3) is 0 Å². The Kier molecular flexibility index (Phi) is 5.44. The molecule has 0 aliphatic carbocycles. The monoisotopic (exact) mass is 375 g/mol. The van der Waals surface area contributed by atoms with Gasteiger partial charge in [-0.3, -0.25) is 9.59 Å². The molecule has 2 rings (SSSR count). The third kappa shape index (κ3) is 3.46. The third-order valence-corrected chi connectivity index (χ3v) is 4.96. The molecule has 0 unspecified atom stereocenters. The summed E-state index contributed by atoms with van der Waals surface area (Å²) in [5.74, 6) is -1.13. The van der Waals surface area contributed by atoms with E-state index in [-0.39, 0.29) is 24.9 Å². The Morgan fingerprint density at radius 2 is 1.69 bits per heavy atom. The predicted molar refractivity (Wildman–Crippen MR) is 88.1 cm³/mol. The maximum Gasteiger partial charge on any atom is 0.405 e. The molecule has 0 atom stereocenters. The summed E-state index contributed by atoms with van der Waals surface area (Å²) >= 11 is 0. The normalized spacial score (nSPS) is 17.8. The van der Waals surface area contributed by atoms with Crippen LogP contribution in [0.2, 0.25) is 0 Å². The molecule has 5 nitrogen and oxygen atoms in total. The topological polar surface area (TPSA) is 70.8 Å². The van der Waals surface area contributed by atoms with Gasteiger partial charge in [0, 0.05) is 24.9 Å². The molecule has 1 saturated heterocycles. The zero-order chi connectivity index (χ0) is 19.9.